The van der Waals surface area contributed by atoms with Crippen molar-refractivity contribution in [3.8, 4) is 0 Å². The molecule has 7 heteroatoms. The van der Waals surface area contributed by atoms with Crippen LogP contribution in [0.2, 0.25) is 0 Å². The number of nitrogens with one attached hydrogen (secondary N) is 2. The van der Waals surface area contributed by atoms with Crippen LogP contribution in [0.4, 0.5) is 20.6 Å². The van der Waals surface area contributed by atoms with Crippen molar-refractivity contribution in [1.82, 2.24) is 5.32 Å². The molecule has 2 aromatic carbocycles. The van der Waals surface area contributed by atoms with Gasteiger partial charge in [0.25, 0.3) is 0 Å². The Balaban J connectivity index is 1.77. The first-order valence-corrected chi connectivity index (χ1v) is 8.55. The van der Waals surface area contributed by atoms with Gasteiger partial charge in [0.15, 0.2) is 0 Å². The van der Waals surface area contributed by atoms with Crippen molar-refractivity contribution < 1.29 is 18.7 Å². The van der Waals surface area contributed by atoms with Crippen molar-refractivity contribution in [2.75, 3.05) is 17.6 Å². The third-order valence-corrected chi connectivity index (χ3v) is 3.85. The lowest BCUT2D eigenvalue weighted by atomic mass is 9.89. The summed E-state index contributed by atoms with van der Waals surface area (Å²) in [4.78, 5) is 24.0. The highest BCUT2D eigenvalue weighted by Crippen LogP contribution is 2.23. The molecule has 2 amide bonds. The first kappa shape index (κ1) is 20.2. The molecule has 144 valence electrons. The molecule has 0 saturated carbocycles. The fraction of sp³-hybridized carbons (Fsp3) is 0.300. The van der Waals surface area contributed by atoms with E-state index >= 15 is 0 Å². The van der Waals surface area contributed by atoms with Crippen LogP contribution in [0.1, 0.15) is 25.8 Å². The van der Waals surface area contributed by atoms with Gasteiger partial charge in [0, 0.05) is 13.0 Å². The molecule has 0 spiro atoms. The highest BCUT2D eigenvalue weighted by Gasteiger charge is 2.23. The normalized spacial score (nSPS) is 10.9. The molecular formula is C20H24FN3O3. The highest BCUT2D eigenvalue weighted by atomic mass is 19.1. The minimum absolute atomic E-state index is 0.142. The molecule has 6 nitrogen and oxygen atoms in total. The lowest BCUT2D eigenvalue weighted by Crippen LogP contribution is -2.36. The molecule has 27 heavy (non-hydrogen) atoms. The minimum atomic E-state index is -0.546. The van der Waals surface area contributed by atoms with Crippen LogP contribution in [-0.2, 0) is 16.1 Å². The summed E-state index contributed by atoms with van der Waals surface area (Å²) in [5, 5.41) is 5.32. The molecule has 0 aliphatic rings. The molecule has 0 atom stereocenters. The summed E-state index contributed by atoms with van der Waals surface area (Å²) in [6, 6.07) is 13.1. The summed E-state index contributed by atoms with van der Waals surface area (Å²) in [5.41, 5.74) is 6.58. The third kappa shape index (κ3) is 6.97. The van der Waals surface area contributed by atoms with Gasteiger partial charge in [-0.1, -0.05) is 44.2 Å². The van der Waals surface area contributed by atoms with E-state index < -0.39 is 17.3 Å². The van der Waals surface area contributed by atoms with Gasteiger partial charge in [0.1, 0.15) is 12.4 Å². The molecule has 0 heterocycles. The number of nitrogen functional groups attached to an aromatic ring is 1. The number of rotatable bonds is 7. The highest BCUT2D eigenvalue weighted by molar-refractivity contribution is 5.94. The van der Waals surface area contributed by atoms with Gasteiger partial charge in [0.05, 0.1) is 11.4 Å². The lowest BCUT2D eigenvalue weighted by molar-refractivity contribution is -0.118. The fourth-order valence-electron chi connectivity index (χ4n) is 2.42. The maximum atomic E-state index is 13.1. The van der Waals surface area contributed by atoms with Gasteiger partial charge in [-0.15, -0.1) is 0 Å². The van der Waals surface area contributed by atoms with Crippen LogP contribution < -0.4 is 16.4 Å². The smallest absolute Gasteiger partial charge is 0.407 e. The molecular weight excluding hydrogens is 349 g/mol. The molecule has 2 aromatic rings. The van der Waals surface area contributed by atoms with Gasteiger partial charge in [-0.2, -0.15) is 0 Å². The standard InChI is InChI=1S/C20H24FN3O3/c1-20(2,11-18(25)24-17-9-8-15(21)10-16(17)22)13-23-19(26)27-12-14-6-4-3-5-7-14/h3-10H,11-13,22H2,1-2H3,(H,23,26)(H,24,25). The predicted molar refractivity (Wildman–Crippen MR) is 102 cm³/mol. The Morgan fingerprint density at radius 2 is 1.85 bits per heavy atom. The minimum Gasteiger partial charge on any atom is -0.445 e. The molecule has 0 aromatic heterocycles. The number of anilines is 2. The summed E-state index contributed by atoms with van der Waals surface area (Å²) < 4.78 is 18.2. The summed E-state index contributed by atoms with van der Waals surface area (Å²) >= 11 is 0. The van der Waals surface area contributed by atoms with E-state index in [4.69, 9.17) is 10.5 Å². The van der Waals surface area contributed by atoms with Crippen LogP contribution >= 0.6 is 0 Å². The fourth-order valence-corrected chi connectivity index (χ4v) is 2.42. The second kappa shape index (κ2) is 9.02. The first-order valence-electron chi connectivity index (χ1n) is 8.55. The van der Waals surface area contributed by atoms with Crippen LogP contribution in [-0.4, -0.2) is 18.5 Å². The van der Waals surface area contributed by atoms with Crippen LogP contribution in [0.15, 0.2) is 48.5 Å². The number of halogens is 1. The second-order valence-electron chi connectivity index (χ2n) is 7.04. The molecule has 4 N–H and O–H groups in total. The Kier molecular flexibility index (Phi) is 6.76. The second-order valence-corrected chi connectivity index (χ2v) is 7.04. The topological polar surface area (TPSA) is 93.4 Å². The molecule has 0 saturated heterocycles. The molecule has 0 aliphatic heterocycles. The van der Waals surface area contributed by atoms with E-state index in [1.165, 1.54) is 12.1 Å². The average molecular weight is 373 g/mol. The number of ether oxygens (including phenoxy) is 1. The van der Waals surface area contributed by atoms with Gasteiger partial charge >= 0.3 is 6.09 Å². The monoisotopic (exact) mass is 373 g/mol. The van der Waals surface area contributed by atoms with Gasteiger partial charge in [0.2, 0.25) is 5.91 Å². The lowest BCUT2D eigenvalue weighted by Gasteiger charge is -2.24. The summed E-state index contributed by atoms with van der Waals surface area (Å²) in [5.74, 6) is -0.748. The number of carbonyl (C=O) groups excluding carboxylic acids is 2. The number of amides is 2. The zero-order valence-electron chi connectivity index (χ0n) is 15.4. The van der Waals surface area contributed by atoms with E-state index in [1.54, 1.807) is 0 Å². The van der Waals surface area contributed by atoms with Crippen LogP contribution in [0, 0.1) is 11.2 Å². The largest absolute Gasteiger partial charge is 0.445 e. The maximum Gasteiger partial charge on any atom is 0.407 e. The third-order valence-electron chi connectivity index (χ3n) is 3.85. The molecule has 0 unspecified atom stereocenters. The number of alkyl carbamates (subject to hydrolysis) is 1. The first-order chi connectivity index (χ1) is 12.7. The number of benzene rings is 2. The van der Waals surface area contributed by atoms with Crippen molar-refractivity contribution in [3.63, 3.8) is 0 Å². The Bertz CT molecular complexity index is 794. The quantitative estimate of drug-likeness (QED) is 0.645. The van der Waals surface area contributed by atoms with E-state index in [0.717, 1.165) is 11.6 Å². The van der Waals surface area contributed by atoms with Gasteiger partial charge < -0.3 is 21.1 Å². The van der Waals surface area contributed by atoms with E-state index in [1.807, 2.05) is 44.2 Å². The summed E-state index contributed by atoms with van der Waals surface area (Å²) in [7, 11) is 0. The predicted octanol–water partition coefficient (Wildman–Crippen LogP) is 3.69. The zero-order chi connectivity index (χ0) is 19.9. The molecule has 2 rings (SSSR count). The van der Waals surface area contributed by atoms with Gasteiger partial charge in [-0.05, 0) is 29.2 Å². The summed E-state index contributed by atoms with van der Waals surface area (Å²) in [6.45, 7) is 4.13. The van der Waals surface area contributed by atoms with Crippen molar-refractivity contribution in [2.45, 2.75) is 26.9 Å². The van der Waals surface area contributed by atoms with Gasteiger partial charge in [-0.25, -0.2) is 9.18 Å². The maximum absolute atomic E-state index is 13.1. The zero-order valence-corrected chi connectivity index (χ0v) is 15.4. The molecule has 0 aliphatic carbocycles. The van der Waals surface area contributed by atoms with Crippen LogP contribution in [0.5, 0.6) is 0 Å². The number of nitrogens with two attached hydrogens (primary N) is 1. The number of hydrogen-bond donors (Lipinski definition) is 3. The van der Waals surface area contributed by atoms with E-state index in [9.17, 15) is 14.0 Å². The van der Waals surface area contributed by atoms with Crippen molar-refractivity contribution in [2.24, 2.45) is 5.41 Å². The average Bonchev–Trinajstić information content (AvgIpc) is 2.61. The van der Waals surface area contributed by atoms with E-state index in [2.05, 4.69) is 10.6 Å². The van der Waals surface area contributed by atoms with Crippen molar-refractivity contribution in [3.05, 3.63) is 59.9 Å². The van der Waals surface area contributed by atoms with E-state index in [0.29, 0.717) is 5.69 Å². The van der Waals surface area contributed by atoms with Gasteiger partial charge in [-0.3, -0.25) is 4.79 Å². The summed E-state index contributed by atoms with van der Waals surface area (Å²) in [6.07, 6.45) is -0.405. The van der Waals surface area contributed by atoms with Crippen molar-refractivity contribution in [1.29, 1.82) is 0 Å². The number of carbonyl (C=O) groups is 2. The number of hydrogen-bond acceptors (Lipinski definition) is 4. The SMILES string of the molecule is CC(C)(CNC(=O)OCc1ccccc1)CC(=O)Nc1ccc(F)cc1N. The van der Waals surface area contributed by atoms with Crippen molar-refractivity contribution >= 4 is 23.4 Å². The molecule has 0 bridgehead atoms. The molecule has 0 fully saturated rings. The Morgan fingerprint density at radius 1 is 1.15 bits per heavy atom. The van der Waals surface area contributed by atoms with Crippen LogP contribution in [0.25, 0.3) is 0 Å². The Hall–Kier alpha value is -3.09. The van der Waals surface area contributed by atoms with Crippen LogP contribution in [0.3, 0.4) is 0 Å². The molecule has 0 radical (unpaired) electrons. The Morgan fingerprint density at radius 3 is 2.52 bits per heavy atom. The Labute approximate surface area is 157 Å². The van der Waals surface area contributed by atoms with E-state index in [-0.39, 0.29) is 31.2 Å².